The second-order valence-corrected chi connectivity index (χ2v) is 6.76. The minimum Gasteiger partial charge on any atom is -0.393 e. The van der Waals surface area contributed by atoms with E-state index in [1.165, 1.54) is 11.3 Å². The number of H-pyrrole nitrogens is 2. The van der Waals surface area contributed by atoms with E-state index in [-0.39, 0.29) is 11.2 Å². The summed E-state index contributed by atoms with van der Waals surface area (Å²) in [4.78, 5) is 18.4. The zero-order chi connectivity index (χ0) is 15.1. The zero-order valence-corrected chi connectivity index (χ0v) is 13.9. The molecule has 0 bridgehead atoms. The summed E-state index contributed by atoms with van der Waals surface area (Å²) < 4.78 is 0.330. The third-order valence-corrected chi connectivity index (χ3v) is 4.39. The van der Waals surface area contributed by atoms with Gasteiger partial charge < -0.3 is 10.7 Å². The number of aromatic nitrogens is 2. The van der Waals surface area contributed by atoms with Gasteiger partial charge in [-0.25, -0.2) is 0 Å². The molecule has 0 saturated carbocycles. The molecule has 1 heterocycles. The van der Waals surface area contributed by atoms with Crippen molar-refractivity contribution in [1.82, 2.24) is 9.97 Å². The van der Waals surface area contributed by atoms with Gasteiger partial charge >= 0.3 is 0 Å². The fourth-order valence-corrected chi connectivity index (χ4v) is 2.78. The highest BCUT2D eigenvalue weighted by Crippen LogP contribution is 2.19. The van der Waals surface area contributed by atoms with E-state index < -0.39 is 0 Å². The first-order valence-electron chi connectivity index (χ1n) is 6.84. The Morgan fingerprint density at radius 3 is 2.85 bits per heavy atom. The SMILES string of the molecule is CCCS/C(C)=C\CC(C)Cc1[nH]c(=S)[nH]c(=O)c1N. The van der Waals surface area contributed by atoms with E-state index in [1.807, 2.05) is 11.8 Å². The summed E-state index contributed by atoms with van der Waals surface area (Å²) in [5.74, 6) is 1.56. The maximum Gasteiger partial charge on any atom is 0.275 e. The van der Waals surface area contributed by atoms with Gasteiger partial charge in [0.2, 0.25) is 0 Å². The number of allylic oxidation sites excluding steroid dienone is 2. The Kier molecular flexibility index (Phi) is 7.09. The number of nitrogen functional groups attached to an aromatic ring is 1. The molecule has 0 amide bonds. The third-order valence-electron chi connectivity index (χ3n) is 2.96. The summed E-state index contributed by atoms with van der Waals surface area (Å²) in [7, 11) is 0. The smallest absolute Gasteiger partial charge is 0.275 e. The Morgan fingerprint density at radius 1 is 1.50 bits per heavy atom. The van der Waals surface area contributed by atoms with Crippen molar-refractivity contribution in [3.05, 3.63) is 31.8 Å². The van der Waals surface area contributed by atoms with Crippen LogP contribution in [0.2, 0.25) is 0 Å². The molecule has 0 saturated heterocycles. The minimum atomic E-state index is -0.304. The molecule has 1 unspecified atom stereocenters. The topological polar surface area (TPSA) is 74.7 Å². The molecule has 112 valence electrons. The van der Waals surface area contributed by atoms with Crippen LogP contribution in [-0.2, 0) is 6.42 Å². The van der Waals surface area contributed by atoms with Crippen LogP contribution in [0.15, 0.2) is 15.8 Å². The molecular weight excluding hydrogens is 290 g/mol. The maximum absolute atomic E-state index is 11.5. The number of thioether (sulfide) groups is 1. The molecule has 20 heavy (non-hydrogen) atoms. The monoisotopic (exact) mass is 313 g/mol. The molecule has 1 rings (SSSR count). The van der Waals surface area contributed by atoms with Crippen LogP contribution in [0.4, 0.5) is 5.69 Å². The Morgan fingerprint density at radius 2 is 2.20 bits per heavy atom. The largest absolute Gasteiger partial charge is 0.393 e. The highest BCUT2D eigenvalue weighted by Gasteiger charge is 2.09. The second kappa shape index (κ2) is 8.32. The fraction of sp³-hybridized carbons (Fsp3) is 0.571. The van der Waals surface area contributed by atoms with Gasteiger partial charge in [-0.2, -0.15) is 0 Å². The molecule has 1 atom stereocenters. The molecule has 0 aromatic carbocycles. The molecule has 1 aromatic rings. The van der Waals surface area contributed by atoms with Crippen molar-refractivity contribution >= 4 is 29.7 Å². The first kappa shape index (κ1) is 17.0. The van der Waals surface area contributed by atoms with Crippen LogP contribution in [0.25, 0.3) is 0 Å². The predicted molar refractivity (Wildman–Crippen MR) is 90.7 cm³/mol. The van der Waals surface area contributed by atoms with Crippen LogP contribution in [0.3, 0.4) is 0 Å². The van der Waals surface area contributed by atoms with Crippen molar-refractivity contribution in [3.8, 4) is 0 Å². The summed E-state index contributed by atoms with van der Waals surface area (Å²) in [6.45, 7) is 6.47. The molecule has 1 aromatic heterocycles. The molecule has 0 aliphatic carbocycles. The van der Waals surface area contributed by atoms with Crippen molar-refractivity contribution in [3.63, 3.8) is 0 Å². The second-order valence-electron chi connectivity index (χ2n) is 5.01. The number of nitrogens with one attached hydrogen (secondary N) is 2. The van der Waals surface area contributed by atoms with Crippen molar-refractivity contribution < 1.29 is 0 Å². The molecule has 0 radical (unpaired) electrons. The van der Waals surface area contributed by atoms with Gasteiger partial charge in [0, 0.05) is 5.69 Å². The van der Waals surface area contributed by atoms with E-state index in [1.54, 1.807) is 0 Å². The summed E-state index contributed by atoms with van der Waals surface area (Å²) in [6.07, 6.45) is 5.13. The lowest BCUT2D eigenvalue weighted by atomic mass is 10.0. The normalized spacial score (nSPS) is 13.4. The average molecular weight is 313 g/mol. The van der Waals surface area contributed by atoms with Crippen LogP contribution in [0.1, 0.15) is 39.3 Å². The maximum atomic E-state index is 11.5. The highest BCUT2D eigenvalue weighted by molar-refractivity contribution is 8.03. The van der Waals surface area contributed by atoms with Crippen molar-refractivity contribution in [2.75, 3.05) is 11.5 Å². The van der Waals surface area contributed by atoms with Crippen LogP contribution in [0, 0.1) is 10.7 Å². The van der Waals surface area contributed by atoms with Gasteiger partial charge in [0.15, 0.2) is 4.77 Å². The van der Waals surface area contributed by atoms with Crippen LogP contribution in [0.5, 0.6) is 0 Å². The van der Waals surface area contributed by atoms with Gasteiger partial charge in [-0.05, 0) is 55.0 Å². The standard InChI is InChI=1S/C14H23N3OS2/c1-4-7-20-10(3)6-5-9(2)8-11-12(15)13(18)17-14(19)16-11/h6,9H,4-5,7-8,15H2,1-3H3,(H2,16,17,18,19)/b10-6-. The van der Waals surface area contributed by atoms with Gasteiger partial charge in [0.05, 0.1) is 0 Å². The van der Waals surface area contributed by atoms with Crippen LogP contribution < -0.4 is 11.3 Å². The third kappa shape index (κ3) is 5.54. The Bertz CT molecular complexity index is 575. The molecule has 0 fully saturated rings. The molecule has 6 heteroatoms. The quantitative estimate of drug-likeness (QED) is 0.672. The Hall–Kier alpha value is -1.01. The van der Waals surface area contributed by atoms with Crippen molar-refractivity contribution in [2.24, 2.45) is 5.92 Å². The summed E-state index contributed by atoms with van der Waals surface area (Å²) in [5, 5.41) is 0. The number of anilines is 1. The molecule has 0 spiro atoms. The van der Waals surface area contributed by atoms with E-state index >= 15 is 0 Å². The number of hydrogen-bond donors (Lipinski definition) is 3. The highest BCUT2D eigenvalue weighted by atomic mass is 32.2. The summed E-state index contributed by atoms with van der Waals surface area (Å²) in [5.41, 5.74) is 6.45. The zero-order valence-electron chi connectivity index (χ0n) is 12.3. The molecular formula is C14H23N3OS2. The molecule has 0 aliphatic heterocycles. The number of hydrogen-bond acceptors (Lipinski definition) is 4. The van der Waals surface area contributed by atoms with Crippen molar-refractivity contribution in [2.45, 2.75) is 40.0 Å². The molecule has 4 N–H and O–H groups in total. The summed E-state index contributed by atoms with van der Waals surface area (Å²) in [6, 6.07) is 0. The Balaban J connectivity index is 2.65. The fourth-order valence-electron chi connectivity index (χ4n) is 1.83. The van der Waals surface area contributed by atoms with E-state index in [2.05, 4.69) is 36.8 Å². The number of rotatable bonds is 7. The van der Waals surface area contributed by atoms with Crippen LogP contribution in [-0.4, -0.2) is 15.7 Å². The van der Waals surface area contributed by atoms with E-state index in [4.69, 9.17) is 18.0 Å². The lowest BCUT2D eigenvalue weighted by Crippen LogP contribution is -2.18. The van der Waals surface area contributed by atoms with E-state index in [9.17, 15) is 4.79 Å². The molecule has 0 aliphatic rings. The van der Waals surface area contributed by atoms with E-state index in [0.717, 1.165) is 24.3 Å². The molecule has 4 nitrogen and oxygen atoms in total. The van der Waals surface area contributed by atoms with Gasteiger partial charge in [0.25, 0.3) is 5.56 Å². The van der Waals surface area contributed by atoms with Crippen molar-refractivity contribution in [1.29, 1.82) is 0 Å². The van der Waals surface area contributed by atoms with E-state index in [0.29, 0.717) is 10.7 Å². The average Bonchev–Trinajstić information content (AvgIpc) is 2.39. The first-order chi connectivity index (χ1) is 9.43. The summed E-state index contributed by atoms with van der Waals surface area (Å²) >= 11 is 6.86. The Labute approximate surface area is 129 Å². The number of nitrogens with two attached hydrogens (primary N) is 1. The lowest BCUT2D eigenvalue weighted by Gasteiger charge is -2.11. The van der Waals surface area contributed by atoms with Gasteiger partial charge in [-0.1, -0.05) is 19.9 Å². The van der Waals surface area contributed by atoms with Gasteiger partial charge in [-0.15, -0.1) is 11.8 Å². The minimum absolute atomic E-state index is 0.242. The first-order valence-corrected chi connectivity index (χ1v) is 8.24. The number of aromatic amines is 2. The predicted octanol–water partition coefficient (Wildman–Crippen LogP) is 3.63. The van der Waals surface area contributed by atoms with Crippen LogP contribution >= 0.6 is 24.0 Å². The lowest BCUT2D eigenvalue weighted by molar-refractivity contribution is 0.579. The van der Waals surface area contributed by atoms with Gasteiger partial charge in [-0.3, -0.25) is 9.78 Å². The van der Waals surface area contributed by atoms with Gasteiger partial charge in [0.1, 0.15) is 5.69 Å².